The van der Waals surface area contributed by atoms with Crippen LogP contribution in [0.1, 0.15) is 42.9 Å². The van der Waals surface area contributed by atoms with E-state index in [0.717, 1.165) is 30.1 Å². The molecule has 1 atom stereocenters. The second-order valence-electron chi connectivity index (χ2n) is 4.65. The zero-order valence-corrected chi connectivity index (χ0v) is 10.2. The van der Waals surface area contributed by atoms with Crippen molar-refractivity contribution in [3.8, 4) is 0 Å². The number of hydrogen-bond acceptors (Lipinski definition) is 4. The maximum Gasteiger partial charge on any atom is 0.110 e. The molecule has 1 aromatic rings. The average Bonchev–Trinajstić information content (AvgIpc) is 2.58. The molecule has 0 aromatic carbocycles. The Labute approximate surface area is 95.1 Å². The van der Waals surface area contributed by atoms with Crippen LogP contribution in [-0.4, -0.2) is 17.1 Å². The number of aryl methyl sites for hydroxylation is 1. The van der Waals surface area contributed by atoms with Crippen molar-refractivity contribution in [3.05, 3.63) is 16.1 Å². The predicted molar refractivity (Wildman–Crippen MR) is 64.0 cm³/mol. The van der Waals surface area contributed by atoms with Gasteiger partial charge in [0, 0.05) is 23.2 Å². The van der Waals surface area contributed by atoms with E-state index in [-0.39, 0.29) is 5.54 Å². The molecule has 1 heterocycles. The van der Waals surface area contributed by atoms with E-state index in [2.05, 4.69) is 22.6 Å². The summed E-state index contributed by atoms with van der Waals surface area (Å²) in [4.78, 5) is 4.47. The van der Waals surface area contributed by atoms with E-state index < -0.39 is 0 Å². The third kappa shape index (κ3) is 2.56. The molecule has 3 nitrogen and oxygen atoms in total. The molecular formula is C11H19N3S. The van der Waals surface area contributed by atoms with Crippen molar-refractivity contribution in [2.45, 2.75) is 44.7 Å². The fourth-order valence-corrected chi connectivity index (χ4v) is 2.65. The molecule has 84 valence electrons. The number of aromatic nitrogens is 1. The van der Waals surface area contributed by atoms with Gasteiger partial charge >= 0.3 is 0 Å². The molecule has 0 radical (unpaired) electrons. The molecule has 1 aromatic heterocycles. The van der Waals surface area contributed by atoms with Gasteiger partial charge in [0.1, 0.15) is 5.01 Å². The number of rotatable bonds is 4. The van der Waals surface area contributed by atoms with Crippen molar-refractivity contribution in [1.82, 2.24) is 10.3 Å². The average molecular weight is 225 g/mol. The molecule has 3 N–H and O–H groups in total. The Morgan fingerprint density at radius 1 is 1.67 bits per heavy atom. The number of hydrogen-bond donors (Lipinski definition) is 2. The zero-order valence-electron chi connectivity index (χ0n) is 9.42. The van der Waals surface area contributed by atoms with Crippen LogP contribution in [0.5, 0.6) is 0 Å². The monoisotopic (exact) mass is 225 g/mol. The molecule has 1 fully saturated rings. The molecule has 0 amide bonds. The highest BCUT2D eigenvalue weighted by Gasteiger charge is 2.32. The lowest BCUT2D eigenvalue weighted by molar-refractivity contribution is 0.232. The molecule has 4 heteroatoms. The maximum absolute atomic E-state index is 6.15. The van der Waals surface area contributed by atoms with Crippen LogP contribution in [0.25, 0.3) is 0 Å². The Balaban J connectivity index is 1.84. The van der Waals surface area contributed by atoms with Crippen LogP contribution in [0.2, 0.25) is 0 Å². The van der Waals surface area contributed by atoms with Gasteiger partial charge in [-0.05, 0) is 33.1 Å². The summed E-state index contributed by atoms with van der Waals surface area (Å²) in [6, 6.07) is 0.324. The topological polar surface area (TPSA) is 50.9 Å². The first-order chi connectivity index (χ1) is 7.09. The zero-order chi connectivity index (χ0) is 10.9. The second-order valence-corrected chi connectivity index (χ2v) is 5.54. The lowest BCUT2D eigenvalue weighted by atomic mass is 9.77. The summed E-state index contributed by atoms with van der Waals surface area (Å²) in [6.07, 6.45) is 3.59. The predicted octanol–water partition coefficient (Wildman–Crippen LogP) is 1.98. The van der Waals surface area contributed by atoms with Crippen LogP contribution >= 0.6 is 11.3 Å². The molecule has 0 saturated heterocycles. The molecule has 0 bridgehead atoms. The van der Waals surface area contributed by atoms with Crippen molar-refractivity contribution in [1.29, 1.82) is 0 Å². The van der Waals surface area contributed by atoms with E-state index in [0.29, 0.717) is 6.04 Å². The van der Waals surface area contributed by atoms with Crippen molar-refractivity contribution in [3.63, 3.8) is 0 Å². The fraction of sp³-hybridized carbons (Fsp3) is 0.727. The van der Waals surface area contributed by atoms with E-state index >= 15 is 0 Å². The minimum atomic E-state index is 0.0561. The van der Waals surface area contributed by atoms with Gasteiger partial charge in [-0.2, -0.15) is 0 Å². The minimum absolute atomic E-state index is 0.0561. The van der Waals surface area contributed by atoms with Crippen LogP contribution in [-0.2, 0) is 0 Å². The highest BCUT2D eigenvalue weighted by molar-refractivity contribution is 7.09. The summed E-state index contributed by atoms with van der Waals surface area (Å²) in [6.45, 7) is 5.09. The number of nitrogens with one attached hydrogen (secondary N) is 1. The van der Waals surface area contributed by atoms with Crippen molar-refractivity contribution in [2.75, 3.05) is 6.54 Å². The minimum Gasteiger partial charge on any atom is -0.324 e. The summed E-state index contributed by atoms with van der Waals surface area (Å²) in [5.41, 5.74) is 7.32. The van der Waals surface area contributed by atoms with Crippen LogP contribution in [0.15, 0.2) is 5.38 Å². The number of nitrogens with zero attached hydrogens (tertiary/aromatic N) is 1. The van der Waals surface area contributed by atoms with Gasteiger partial charge < -0.3 is 11.1 Å². The summed E-state index contributed by atoms with van der Waals surface area (Å²) in [7, 11) is 0. The molecule has 0 spiro atoms. The molecule has 0 aliphatic heterocycles. The van der Waals surface area contributed by atoms with Gasteiger partial charge in [-0.1, -0.05) is 0 Å². The van der Waals surface area contributed by atoms with Crippen LogP contribution < -0.4 is 11.1 Å². The largest absolute Gasteiger partial charge is 0.324 e. The molecule has 2 rings (SSSR count). The summed E-state index contributed by atoms with van der Waals surface area (Å²) >= 11 is 1.72. The first-order valence-corrected chi connectivity index (χ1v) is 6.41. The second kappa shape index (κ2) is 4.20. The van der Waals surface area contributed by atoms with Crippen LogP contribution in [0.3, 0.4) is 0 Å². The van der Waals surface area contributed by atoms with Gasteiger partial charge in [-0.25, -0.2) is 4.98 Å². The Bertz CT molecular complexity index is 330. The third-order valence-corrected chi connectivity index (χ3v) is 4.26. The van der Waals surface area contributed by atoms with Gasteiger partial charge in [0.15, 0.2) is 0 Å². The first-order valence-electron chi connectivity index (χ1n) is 5.53. The Morgan fingerprint density at radius 2 is 2.40 bits per heavy atom. The molecule has 15 heavy (non-hydrogen) atoms. The van der Waals surface area contributed by atoms with Crippen LogP contribution in [0.4, 0.5) is 0 Å². The molecule has 1 aliphatic carbocycles. The summed E-state index contributed by atoms with van der Waals surface area (Å²) in [5, 5.41) is 6.73. The van der Waals surface area contributed by atoms with E-state index in [1.807, 2.05) is 6.92 Å². The standard InChI is InChI=1S/C11H19N3S/c1-8-6-15-10(14-8)9(2)13-7-11(12)4-3-5-11/h6,9,13H,3-5,7,12H2,1-2H3. The smallest absolute Gasteiger partial charge is 0.110 e. The Kier molecular flexibility index (Phi) is 3.09. The van der Waals surface area contributed by atoms with Gasteiger partial charge in [0.05, 0.1) is 6.04 Å². The summed E-state index contributed by atoms with van der Waals surface area (Å²) < 4.78 is 0. The van der Waals surface area contributed by atoms with Crippen molar-refractivity contribution in [2.24, 2.45) is 5.73 Å². The van der Waals surface area contributed by atoms with E-state index in [1.54, 1.807) is 11.3 Å². The van der Waals surface area contributed by atoms with Crippen molar-refractivity contribution < 1.29 is 0 Å². The van der Waals surface area contributed by atoms with E-state index in [9.17, 15) is 0 Å². The van der Waals surface area contributed by atoms with Gasteiger partial charge in [0.25, 0.3) is 0 Å². The molecule has 1 aliphatic rings. The van der Waals surface area contributed by atoms with Crippen LogP contribution in [0, 0.1) is 6.92 Å². The third-order valence-electron chi connectivity index (χ3n) is 3.12. The quantitative estimate of drug-likeness (QED) is 0.824. The number of nitrogens with two attached hydrogens (primary N) is 1. The van der Waals surface area contributed by atoms with Gasteiger partial charge in [0.2, 0.25) is 0 Å². The molecule has 1 unspecified atom stereocenters. The lowest BCUT2D eigenvalue weighted by Gasteiger charge is -2.38. The van der Waals surface area contributed by atoms with Crippen molar-refractivity contribution >= 4 is 11.3 Å². The maximum atomic E-state index is 6.15. The van der Waals surface area contributed by atoms with Gasteiger partial charge in [-0.3, -0.25) is 0 Å². The fourth-order valence-electron chi connectivity index (χ4n) is 1.82. The molecule has 1 saturated carbocycles. The lowest BCUT2D eigenvalue weighted by Crippen LogP contribution is -2.54. The van der Waals surface area contributed by atoms with E-state index in [1.165, 1.54) is 6.42 Å². The first kappa shape index (κ1) is 11.0. The Hall–Kier alpha value is -0.450. The SMILES string of the molecule is Cc1csc(C(C)NCC2(N)CCC2)n1. The van der Waals surface area contributed by atoms with Gasteiger partial charge in [-0.15, -0.1) is 11.3 Å². The molecular weight excluding hydrogens is 206 g/mol. The highest BCUT2D eigenvalue weighted by Crippen LogP contribution is 2.29. The highest BCUT2D eigenvalue weighted by atomic mass is 32.1. The normalized spacial score (nSPS) is 21.0. The van der Waals surface area contributed by atoms with E-state index in [4.69, 9.17) is 5.73 Å². The Morgan fingerprint density at radius 3 is 2.87 bits per heavy atom. The number of thiazole rings is 1. The summed E-state index contributed by atoms with van der Waals surface area (Å²) in [5.74, 6) is 0.